The second kappa shape index (κ2) is 14.3. The molecule has 3 aromatic heterocycles. The maximum Gasteiger partial charge on any atom is 0.230 e. The summed E-state index contributed by atoms with van der Waals surface area (Å²) < 4.78 is 1.98. The van der Waals surface area contributed by atoms with Crippen molar-refractivity contribution in [2.45, 2.75) is 44.2 Å². The van der Waals surface area contributed by atoms with E-state index in [4.69, 9.17) is 10.3 Å². The SMILES string of the molecule is O=C(C1CCN(C(c2cccnc2)c2cccnc2)CC1)N1Cc2ccccc2-c2c(nnn2-c2ccc(C3CCNCC3)cc2)-c2ccccc21. The Morgan fingerprint density at radius 1 is 0.731 bits per heavy atom. The summed E-state index contributed by atoms with van der Waals surface area (Å²) in [5.41, 5.74) is 10.3. The van der Waals surface area contributed by atoms with E-state index in [-0.39, 0.29) is 17.9 Å². The lowest BCUT2D eigenvalue weighted by Crippen LogP contribution is -2.44. The van der Waals surface area contributed by atoms with Gasteiger partial charge in [-0.25, -0.2) is 4.68 Å². The quantitative estimate of drug-likeness (QED) is 0.198. The number of nitrogens with one attached hydrogen (secondary N) is 1. The van der Waals surface area contributed by atoms with Crippen LogP contribution in [0.4, 0.5) is 5.69 Å². The minimum absolute atomic E-state index is 0.0366. The van der Waals surface area contributed by atoms with Gasteiger partial charge >= 0.3 is 0 Å². The van der Waals surface area contributed by atoms with Crippen LogP contribution in [-0.2, 0) is 11.3 Å². The van der Waals surface area contributed by atoms with E-state index in [9.17, 15) is 4.79 Å². The van der Waals surface area contributed by atoms with Gasteiger partial charge in [-0.05, 0) is 110 Å². The molecular weight excluding hydrogens is 645 g/mol. The van der Waals surface area contributed by atoms with Crippen LogP contribution in [0, 0.1) is 5.92 Å². The van der Waals surface area contributed by atoms with Gasteiger partial charge in [0.1, 0.15) is 11.4 Å². The molecule has 0 aliphatic carbocycles. The minimum atomic E-state index is -0.104. The number of aromatic nitrogens is 5. The summed E-state index contributed by atoms with van der Waals surface area (Å²) in [6.45, 7) is 4.20. The predicted octanol–water partition coefficient (Wildman–Crippen LogP) is 7.21. The minimum Gasteiger partial charge on any atom is -0.317 e. The molecule has 2 fully saturated rings. The second-order valence-electron chi connectivity index (χ2n) is 14.2. The first-order valence-corrected chi connectivity index (χ1v) is 18.5. The van der Waals surface area contributed by atoms with Crippen LogP contribution in [0.3, 0.4) is 0 Å². The zero-order valence-corrected chi connectivity index (χ0v) is 29.2. The maximum absolute atomic E-state index is 14.8. The van der Waals surface area contributed by atoms with Crippen molar-refractivity contribution in [3.05, 3.63) is 144 Å². The van der Waals surface area contributed by atoms with Crippen molar-refractivity contribution in [2.24, 2.45) is 5.92 Å². The lowest BCUT2D eigenvalue weighted by atomic mass is 9.89. The highest BCUT2D eigenvalue weighted by Gasteiger charge is 2.36. The van der Waals surface area contributed by atoms with E-state index >= 15 is 0 Å². The van der Waals surface area contributed by atoms with Gasteiger partial charge in [-0.2, -0.15) is 0 Å². The van der Waals surface area contributed by atoms with E-state index in [1.807, 2.05) is 58.6 Å². The fourth-order valence-corrected chi connectivity index (χ4v) is 8.49. The largest absolute Gasteiger partial charge is 0.317 e. The molecule has 3 aromatic carbocycles. The average Bonchev–Trinajstić information content (AvgIpc) is 3.65. The number of piperidine rings is 2. The zero-order chi connectivity index (χ0) is 34.9. The Kier molecular flexibility index (Phi) is 8.88. The number of benzene rings is 3. The van der Waals surface area contributed by atoms with Gasteiger partial charge in [0.2, 0.25) is 5.91 Å². The third-order valence-corrected chi connectivity index (χ3v) is 11.2. The molecule has 260 valence electrons. The van der Waals surface area contributed by atoms with Crippen LogP contribution in [0.25, 0.3) is 28.2 Å². The molecule has 6 aromatic rings. The second-order valence-corrected chi connectivity index (χ2v) is 14.2. The number of hydrogen-bond donors (Lipinski definition) is 1. The molecule has 52 heavy (non-hydrogen) atoms. The highest BCUT2D eigenvalue weighted by Crippen LogP contribution is 2.43. The van der Waals surface area contributed by atoms with Crippen LogP contribution in [-0.4, -0.2) is 61.9 Å². The van der Waals surface area contributed by atoms with Crippen LogP contribution in [0.5, 0.6) is 0 Å². The molecule has 0 unspecified atom stereocenters. The summed E-state index contributed by atoms with van der Waals surface area (Å²) in [6.07, 6.45) is 11.4. The molecule has 3 aliphatic rings. The van der Waals surface area contributed by atoms with Crippen LogP contribution < -0.4 is 10.2 Å². The molecule has 0 radical (unpaired) electrons. The first kappa shape index (κ1) is 32.4. The number of pyridine rings is 2. The normalized spacial score (nSPS) is 16.8. The van der Waals surface area contributed by atoms with Crippen LogP contribution in [0.1, 0.15) is 59.9 Å². The molecule has 1 N–H and O–H groups in total. The molecule has 2 saturated heterocycles. The Bertz CT molecular complexity index is 2110. The molecule has 0 atom stereocenters. The Hall–Kier alpha value is -5.51. The molecule has 6 heterocycles. The number of para-hydroxylation sites is 1. The van der Waals surface area contributed by atoms with Crippen LogP contribution in [0.2, 0.25) is 0 Å². The number of carbonyl (C=O) groups is 1. The van der Waals surface area contributed by atoms with Crippen molar-refractivity contribution in [3.8, 4) is 28.2 Å². The number of carbonyl (C=O) groups excluding carboxylic acids is 1. The number of rotatable bonds is 6. The van der Waals surface area contributed by atoms with Gasteiger partial charge in [-0.3, -0.25) is 19.7 Å². The molecule has 3 aliphatic heterocycles. The number of amides is 1. The lowest BCUT2D eigenvalue weighted by Gasteiger charge is -2.39. The van der Waals surface area contributed by atoms with Gasteiger partial charge < -0.3 is 10.2 Å². The summed E-state index contributed by atoms with van der Waals surface area (Å²) in [5, 5.41) is 13.1. The van der Waals surface area contributed by atoms with Crippen molar-refractivity contribution in [1.82, 2.24) is 35.2 Å². The van der Waals surface area contributed by atoms with Crippen molar-refractivity contribution >= 4 is 11.6 Å². The Balaban J connectivity index is 1.03. The highest BCUT2D eigenvalue weighted by molar-refractivity contribution is 6.01. The van der Waals surface area contributed by atoms with Gasteiger partial charge in [0.25, 0.3) is 0 Å². The summed E-state index contributed by atoms with van der Waals surface area (Å²) in [5.74, 6) is 0.636. The lowest BCUT2D eigenvalue weighted by molar-refractivity contribution is -0.124. The van der Waals surface area contributed by atoms with Gasteiger partial charge in [-0.1, -0.05) is 71.9 Å². The Labute approximate surface area is 304 Å². The summed E-state index contributed by atoms with van der Waals surface area (Å²) in [4.78, 5) is 28.1. The molecular formula is C43H42N8O. The van der Waals surface area contributed by atoms with E-state index in [1.165, 1.54) is 5.56 Å². The van der Waals surface area contributed by atoms with E-state index in [0.717, 1.165) is 102 Å². The van der Waals surface area contributed by atoms with E-state index in [0.29, 0.717) is 12.5 Å². The van der Waals surface area contributed by atoms with Crippen molar-refractivity contribution in [3.63, 3.8) is 0 Å². The molecule has 0 spiro atoms. The molecule has 9 heteroatoms. The van der Waals surface area contributed by atoms with Crippen molar-refractivity contribution in [1.29, 1.82) is 0 Å². The summed E-state index contributed by atoms with van der Waals surface area (Å²) >= 11 is 0. The Morgan fingerprint density at radius 3 is 2.10 bits per heavy atom. The van der Waals surface area contributed by atoms with Gasteiger partial charge in [0.05, 0.1) is 24.0 Å². The number of nitrogens with zero attached hydrogens (tertiary/aromatic N) is 7. The first-order valence-electron chi connectivity index (χ1n) is 18.5. The van der Waals surface area contributed by atoms with E-state index < -0.39 is 0 Å². The third-order valence-electron chi connectivity index (χ3n) is 11.2. The fourth-order valence-electron chi connectivity index (χ4n) is 8.49. The third kappa shape index (κ3) is 6.10. The molecule has 1 amide bonds. The Morgan fingerprint density at radius 2 is 1.40 bits per heavy atom. The van der Waals surface area contributed by atoms with Gasteiger partial charge in [0.15, 0.2) is 0 Å². The number of anilines is 1. The van der Waals surface area contributed by atoms with Crippen molar-refractivity contribution < 1.29 is 4.79 Å². The monoisotopic (exact) mass is 686 g/mol. The fraction of sp³-hybridized carbons (Fsp3) is 0.279. The molecule has 9 nitrogen and oxygen atoms in total. The van der Waals surface area contributed by atoms with E-state index in [1.54, 1.807) is 0 Å². The summed E-state index contributed by atoms with van der Waals surface area (Å²) in [7, 11) is 0. The average molecular weight is 687 g/mol. The smallest absolute Gasteiger partial charge is 0.230 e. The summed E-state index contributed by atoms with van der Waals surface area (Å²) in [6, 6.07) is 33.7. The molecule has 0 bridgehead atoms. The van der Waals surface area contributed by atoms with Gasteiger partial charge in [0, 0.05) is 41.8 Å². The zero-order valence-electron chi connectivity index (χ0n) is 29.2. The highest BCUT2D eigenvalue weighted by atomic mass is 16.2. The van der Waals surface area contributed by atoms with Crippen LogP contribution >= 0.6 is 0 Å². The number of likely N-dealkylation sites (tertiary alicyclic amines) is 1. The molecule has 0 saturated carbocycles. The first-order chi connectivity index (χ1) is 25.7. The van der Waals surface area contributed by atoms with Crippen LogP contribution in [0.15, 0.2) is 122 Å². The standard InChI is InChI=1S/C43H42N8O/c52-43(32-19-25-49(26-20-32)41(33-8-5-21-45-27-33)34-9-6-22-46-28-34)50-29-35-7-1-2-10-37(35)42-40(38-11-3-4-12-39(38)50)47-48-51(42)36-15-13-30(14-16-36)31-17-23-44-24-18-31/h1-16,21-22,27-28,31-32,41,44H,17-20,23-26,29H2. The topological polar surface area (TPSA) is 92.1 Å². The predicted molar refractivity (Wildman–Crippen MR) is 203 cm³/mol. The van der Waals surface area contributed by atoms with Gasteiger partial charge in [-0.15, -0.1) is 5.10 Å². The maximum atomic E-state index is 14.8. The number of hydrogen-bond acceptors (Lipinski definition) is 7. The molecule has 9 rings (SSSR count). The number of fused-ring (bicyclic) bond motifs is 5. The van der Waals surface area contributed by atoms with Crippen molar-refractivity contribution in [2.75, 3.05) is 31.1 Å². The van der Waals surface area contributed by atoms with E-state index in [2.05, 4.69) is 93.0 Å².